The lowest BCUT2D eigenvalue weighted by molar-refractivity contribution is -0.137. The topological polar surface area (TPSA) is 46.3 Å². The molecule has 1 saturated heterocycles. The van der Waals surface area contributed by atoms with E-state index in [1.165, 1.54) is 0 Å². The van der Waals surface area contributed by atoms with Gasteiger partial charge in [0, 0.05) is 19.6 Å². The number of amides is 1. The maximum atomic E-state index is 12.2. The second kappa shape index (κ2) is 6.24. The molecule has 0 aromatic heterocycles. The zero-order valence-electron chi connectivity index (χ0n) is 10.9. The van der Waals surface area contributed by atoms with Crippen molar-refractivity contribution >= 4 is 5.91 Å². The second-order valence-electron chi connectivity index (χ2n) is 5.25. The molecular weight excluding hydrogens is 200 g/mol. The summed E-state index contributed by atoms with van der Waals surface area (Å²) < 4.78 is 0. The van der Waals surface area contributed by atoms with E-state index in [0.29, 0.717) is 12.5 Å². The number of nitrogens with zero attached hydrogens (tertiary/aromatic N) is 1. The summed E-state index contributed by atoms with van der Waals surface area (Å²) in [6.45, 7) is 8.95. The fourth-order valence-corrected chi connectivity index (χ4v) is 2.41. The predicted octanol–water partition coefficient (Wildman–Crippen LogP) is 1.87. The highest BCUT2D eigenvalue weighted by Gasteiger charge is 2.29. The van der Waals surface area contributed by atoms with Crippen LogP contribution in [-0.2, 0) is 4.79 Å². The molecule has 0 spiro atoms. The predicted molar refractivity (Wildman–Crippen MR) is 67.0 cm³/mol. The first-order valence-corrected chi connectivity index (χ1v) is 6.59. The number of hydrogen-bond acceptors (Lipinski definition) is 2. The van der Waals surface area contributed by atoms with Crippen LogP contribution in [-0.4, -0.2) is 30.4 Å². The number of piperidine rings is 1. The van der Waals surface area contributed by atoms with Crippen LogP contribution in [0.3, 0.4) is 0 Å². The van der Waals surface area contributed by atoms with Crippen molar-refractivity contribution in [2.75, 3.05) is 19.6 Å². The lowest BCUT2D eigenvalue weighted by atomic mass is 9.88. The Morgan fingerprint density at radius 3 is 2.62 bits per heavy atom. The number of hydrogen-bond donors (Lipinski definition) is 1. The average molecular weight is 226 g/mol. The Balaban J connectivity index is 2.53. The highest BCUT2D eigenvalue weighted by atomic mass is 16.2. The van der Waals surface area contributed by atoms with Crippen molar-refractivity contribution in [1.82, 2.24) is 4.90 Å². The van der Waals surface area contributed by atoms with Gasteiger partial charge in [0.1, 0.15) is 0 Å². The Bertz CT molecular complexity index is 230. The van der Waals surface area contributed by atoms with Crippen LogP contribution < -0.4 is 5.73 Å². The Morgan fingerprint density at radius 1 is 1.44 bits per heavy atom. The second-order valence-corrected chi connectivity index (χ2v) is 5.25. The van der Waals surface area contributed by atoms with E-state index < -0.39 is 0 Å². The summed E-state index contributed by atoms with van der Waals surface area (Å²) in [5.74, 6) is 1.69. The molecule has 0 saturated carbocycles. The van der Waals surface area contributed by atoms with E-state index in [0.717, 1.165) is 38.3 Å². The molecule has 0 radical (unpaired) electrons. The SMILES string of the molecule is CCCC(CN)C(=O)N1CCC(C)C(C)C1. The number of carbonyl (C=O) groups excluding carboxylic acids is 1. The Labute approximate surface area is 99.4 Å². The molecule has 1 fully saturated rings. The van der Waals surface area contributed by atoms with Crippen LogP contribution in [0.4, 0.5) is 0 Å². The molecule has 0 aromatic carbocycles. The fourth-order valence-electron chi connectivity index (χ4n) is 2.41. The molecule has 0 aromatic rings. The minimum Gasteiger partial charge on any atom is -0.342 e. The first-order valence-electron chi connectivity index (χ1n) is 6.59. The molecule has 0 bridgehead atoms. The number of rotatable bonds is 4. The molecule has 94 valence electrons. The third-order valence-corrected chi connectivity index (χ3v) is 3.92. The van der Waals surface area contributed by atoms with Gasteiger partial charge < -0.3 is 10.6 Å². The summed E-state index contributed by atoms with van der Waals surface area (Å²) in [4.78, 5) is 14.2. The van der Waals surface area contributed by atoms with E-state index in [4.69, 9.17) is 5.73 Å². The summed E-state index contributed by atoms with van der Waals surface area (Å²) in [6.07, 6.45) is 3.10. The van der Waals surface area contributed by atoms with Crippen molar-refractivity contribution in [1.29, 1.82) is 0 Å². The molecule has 1 aliphatic rings. The van der Waals surface area contributed by atoms with Crippen molar-refractivity contribution in [3.05, 3.63) is 0 Å². The first kappa shape index (κ1) is 13.5. The highest BCUT2D eigenvalue weighted by molar-refractivity contribution is 5.79. The zero-order valence-corrected chi connectivity index (χ0v) is 10.9. The Kier molecular flexibility index (Phi) is 5.26. The summed E-state index contributed by atoms with van der Waals surface area (Å²) in [5, 5.41) is 0. The van der Waals surface area contributed by atoms with Gasteiger partial charge in [0.25, 0.3) is 0 Å². The van der Waals surface area contributed by atoms with Crippen LogP contribution >= 0.6 is 0 Å². The normalized spacial score (nSPS) is 27.9. The first-order chi connectivity index (χ1) is 7.60. The summed E-state index contributed by atoms with van der Waals surface area (Å²) in [6, 6.07) is 0. The molecule has 1 heterocycles. The molecule has 1 amide bonds. The molecule has 1 rings (SSSR count). The third kappa shape index (κ3) is 3.21. The van der Waals surface area contributed by atoms with Crippen molar-refractivity contribution in [3.63, 3.8) is 0 Å². The van der Waals surface area contributed by atoms with Gasteiger partial charge in [0.2, 0.25) is 5.91 Å². The molecule has 16 heavy (non-hydrogen) atoms. The van der Waals surface area contributed by atoms with E-state index >= 15 is 0 Å². The molecule has 3 nitrogen and oxygen atoms in total. The Morgan fingerprint density at radius 2 is 2.12 bits per heavy atom. The quantitative estimate of drug-likeness (QED) is 0.795. The van der Waals surface area contributed by atoms with Gasteiger partial charge in [0.15, 0.2) is 0 Å². The van der Waals surface area contributed by atoms with Crippen molar-refractivity contribution < 1.29 is 4.79 Å². The van der Waals surface area contributed by atoms with Crippen molar-refractivity contribution in [3.8, 4) is 0 Å². The average Bonchev–Trinajstić information content (AvgIpc) is 2.28. The third-order valence-electron chi connectivity index (χ3n) is 3.92. The van der Waals surface area contributed by atoms with Crippen LogP contribution in [0, 0.1) is 17.8 Å². The lowest BCUT2D eigenvalue weighted by Crippen LogP contribution is -2.46. The van der Waals surface area contributed by atoms with Gasteiger partial charge in [-0.05, 0) is 24.7 Å². The standard InChI is InChI=1S/C13H26N2O/c1-4-5-12(8-14)13(16)15-7-6-10(2)11(3)9-15/h10-12H,4-9,14H2,1-3H3. The van der Waals surface area contributed by atoms with E-state index in [1.54, 1.807) is 0 Å². The highest BCUT2D eigenvalue weighted by Crippen LogP contribution is 2.24. The molecule has 1 aliphatic heterocycles. The fraction of sp³-hybridized carbons (Fsp3) is 0.923. The van der Waals surface area contributed by atoms with Crippen LogP contribution in [0.15, 0.2) is 0 Å². The molecule has 2 N–H and O–H groups in total. The molecule has 3 heteroatoms. The van der Waals surface area contributed by atoms with E-state index in [1.807, 2.05) is 4.90 Å². The lowest BCUT2D eigenvalue weighted by Gasteiger charge is -2.37. The molecule has 3 unspecified atom stereocenters. The minimum absolute atomic E-state index is 0.0469. The van der Waals surface area contributed by atoms with Crippen LogP contribution in [0.25, 0.3) is 0 Å². The smallest absolute Gasteiger partial charge is 0.226 e. The zero-order chi connectivity index (χ0) is 12.1. The monoisotopic (exact) mass is 226 g/mol. The number of carbonyl (C=O) groups is 1. The summed E-state index contributed by atoms with van der Waals surface area (Å²) in [7, 11) is 0. The number of likely N-dealkylation sites (tertiary alicyclic amines) is 1. The van der Waals surface area contributed by atoms with Crippen LogP contribution in [0.2, 0.25) is 0 Å². The van der Waals surface area contributed by atoms with Gasteiger partial charge in [-0.2, -0.15) is 0 Å². The maximum Gasteiger partial charge on any atom is 0.226 e. The van der Waals surface area contributed by atoms with Crippen molar-refractivity contribution in [2.24, 2.45) is 23.5 Å². The molecular formula is C13H26N2O. The molecule has 0 aliphatic carbocycles. The van der Waals surface area contributed by atoms with Gasteiger partial charge in [0.05, 0.1) is 5.92 Å². The summed E-state index contributed by atoms with van der Waals surface area (Å²) >= 11 is 0. The van der Waals surface area contributed by atoms with E-state index in [-0.39, 0.29) is 11.8 Å². The molecule has 3 atom stereocenters. The Hall–Kier alpha value is -0.570. The van der Waals surface area contributed by atoms with Gasteiger partial charge >= 0.3 is 0 Å². The van der Waals surface area contributed by atoms with Gasteiger partial charge in [-0.3, -0.25) is 4.79 Å². The van der Waals surface area contributed by atoms with Gasteiger partial charge in [-0.25, -0.2) is 0 Å². The van der Waals surface area contributed by atoms with Gasteiger partial charge in [-0.1, -0.05) is 27.2 Å². The summed E-state index contributed by atoms with van der Waals surface area (Å²) in [5.41, 5.74) is 5.68. The van der Waals surface area contributed by atoms with Crippen LogP contribution in [0.1, 0.15) is 40.0 Å². The number of nitrogens with two attached hydrogens (primary N) is 1. The van der Waals surface area contributed by atoms with E-state index in [2.05, 4.69) is 20.8 Å². The minimum atomic E-state index is 0.0469. The van der Waals surface area contributed by atoms with Gasteiger partial charge in [-0.15, -0.1) is 0 Å². The largest absolute Gasteiger partial charge is 0.342 e. The maximum absolute atomic E-state index is 12.2. The van der Waals surface area contributed by atoms with Crippen molar-refractivity contribution in [2.45, 2.75) is 40.0 Å². The van der Waals surface area contributed by atoms with E-state index in [9.17, 15) is 4.79 Å². The van der Waals surface area contributed by atoms with Crippen LogP contribution in [0.5, 0.6) is 0 Å².